The molecule has 2 aromatic heterocycles. The fourth-order valence-electron chi connectivity index (χ4n) is 1.78. The van der Waals surface area contributed by atoms with Gasteiger partial charge in [-0.1, -0.05) is 17.7 Å². The van der Waals surface area contributed by atoms with E-state index in [1.165, 1.54) is 0 Å². The normalized spacial score (nSPS) is 12.7. The third-order valence-electron chi connectivity index (χ3n) is 2.70. The van der Waals surface area contributed by atoms with Crippen molar-refractivity contribution in [2.45, 2.75) is 19.4 Å². The van der Waals surface area contributed by atoms with Gasteiger partial charge in [-0.15, -0.1) is 0 Å². The summed E-state index contributed by atoms with van der Waals surface area (Å²) in [5.41, 5.74) is 2.35. The van der Waals surface area contributed by atoms with Crippen molar-refractivity contribution in [3.05, 3.63) is 46.5 Å². The smallest absolute Gasteiger partial charge is 0.130 e. The predicted octanol–water partition coefficient (Wildman–Crippen LogP) is 2.05. The molecule has 0 saturated carbocycles. The average molecular weight is 252 g/mol. The lowest BCUT2D eigenvalue weighted by molar-refractivity contribution is 0.173. The highest BCUT2D eigenvalue weighted by Gasteiger charge is 2.17. The summed E-state index contributed by atoms with van der Waals surface area (Å²) in [6.45, 7) is 1.88. The second-order valence-electron chi connectivity index (χ2n) is 3.95. The molecule has 2 aromatic rings. The quantitative estimate of drug-likeness (QED) is 0.908. The lowest BCUT2D eigenvalue weighted by atomic mass is 10.1. The maximum absolute atomic E-state index is 10.1. The molecule has 5 heteroatoms. The van der Waals surface area contributed by atoms with Gasteiger partial charge < -0.3 is 5.11 Å². The first-order chi connectivity index (χ1) is 8.09. The predicted molar refractivity (Wildman–Crippen MR) is 65.9 cm³/mol. The van der Waals surface area contributed by atoms with Crippen LogP contribution >= 0.6 is 11.6 Å². The van der Waals surface area contributed by atoms with Crippen LogP contribution in [0.5, 0.6) is 0 Å². The Morgan fingerprint density at radius 1 is 1.47 bits per heavy atom. The van der Waals surface area contributed by atoms with Crippen molar-refractivity contribution >= 4 is 11.6 Å². The summed E-state index contributed by atoms with van der Waals surface area (Å²) in [5.74, 6) is 0. The first kappa shape index (κ1) is 12.1. The Balaban J connectivity index is 2.22. The fraction of sp³-hybridized carbons (Fsp3) is 0.333. The number of aromatic nitrogens is 3. The van der Waals surface area contributed by atoms with Crippen LogP contribution in [0.3, 0.4) is 0 Å². The molecule has 0 fully saturated rings. The van der Waals surface area contributed by atoms with E-state index in [4.69, 9.17) is 11.6 Å². The highest BCUT2D eigenvalue weighted by Crippen LogP contribution is 2.24. The maximum Gasteiger partial charge on any atom is 0.130 e. The lowest BCUT2D eigenvalue weighted by Crippen LogP contribution is -2.04. The molecule has 90 valence electrons. The number of pyridine rings is 1. The molecular formula is C12H14ClN3O. The van der Waals surface area contributed by atoms with Crippen molar-refractivity contribution in [1.29, 1.82) is 0 Å². The molecule has 4 nitrogen and oxygen atoms in total. The largest absolute Gasteiger partial charge is 0.386 e. The van der Waals surface area contributed by atoms with Gasteiger partial charge in [-0.3, -0.25) is 9.67 Å². The number of rotatable bonds is 3. The Bertz CT molecular complexity index is 510. The van der Waals surface area contributed by atoms with Crippen molar-refractivity contribution in [1.82, 2.24) is 14.8 Å². The lowest BCUT2D eigenvalue weighted by Gasteiger charge is -2.09. The van der Waals surface area contributed by atoms with E-state index in [0.29, 0.717) is 17.3 Å². The Hall–Kier alpha value is -1.39. The second-order valence-corrected chi connectivity index (χ2v) is 4.31. The van der Waals surface area contributed by atoms with E-state index in [1.807, 2.05) is 19.1 Å². The number of aliphatic hydroxyl groups is 1. The minimum absolute atomic E-state index is 0.426. The number of halogens is 1. The van der Waals surface area contributed by atoms with Crippen LogP contribution < -0.4 is 0 Å². The Labute approximate surface area is 105 Å². The topological polar surface area (TPSA) is 50.9 Å². The van der Waals surface area contributed by atoms with Gasteiger partial charge in [-0.05, 0) is 19.1 Å². The van der Waals surface area contributed by atoms with Crippen LogP contribution in [0.4, 0.5) is 0 Å². The van der Waals surface area contributed by atoms with E-state index in [0.717, 1.165) is 11.3 Å². The molecule has 0 amide bonds. The van der Waals surface area contributed by atoms with Crippen molar-refractivity contribution in [3.63, 3.8) is 0 Å². The second kappa shape index (κ2) is 4.85. The van der Waals surface area contributed by atoms with Gasteiger partial charge in [-0.2, -0.15) is 5.10 Å². The highest BCUT2D eigenvalue weighted by atomic mass is 35.5. The molecule has 0 radical (unpaired) electrons. The number of aliphatic hydroxyl groups excluding tert-OH is 1. The van der Waals surface area contributed by atoms with Gasteiger partial charge in [-0.25, -0.2) is 0 Å². The third-order valence-corrected chi connectivity index (χ3v) is 3.17. The minimum atomic E-state index is -0.656. The van der Waals surface area contributed by atoms with Gasteiger partial charge in [0, 0.05) is 25.2 Å². The molecule has 0 saturated heterocycles. The van der Waals surface area contributed by atoms with Crippen LogP contribution in [0, 0.1) is 6.92 Å². The molecule has 0 spiro atoms. The third kappa shape index (κ3) is 2.48. The molecule has 0 aliphatic rings. The Morgan fingerprint density at radius 2 is 2.24 bits per heavy atom. The summed E-state index contributed by atoms with van der Waals surface area (Å²) in [5, 5.41) is 14.9. The van der Waals surface area contributed by atoms with Crippen molar-refractivity contribution in [3.8, 4) is 0 Å². The minimum Gasteiger partial charge on any atom is -0.386 e. The van der Waals surface area contributed by atoms with Crippen LogP contribution in [0.25, 0.3) is 0 Å². The van der Waals surface area contributed by atoms with Crippen LogP contribution in [0.1, 0.15) is 23.1 Å². The van der Waals surface area contributed by atoms with E-state index in [-0.39, 0.29) is 0 Å². The van der Waals surface area contributed by atoms with E-state index in [2.05, 4.69) is 10.1 Å². The molecule has 1 atom stereocenters. The maximum atomic E-state index is 10.1. The fourth-order valence-corrected chi connectivity index (χ4v) is 2.03. The Kier molecular flexibility index (Phi) is 3.45. The van der Waals surface area contributed by atoms with Gasteiger partial charge in [0.05, 0.1) is 11.4 Å². The number of nitrogens with zero attached hydrogens (tertiary/aromatic N) is 3. The van der Waals surface area contributed by atoms with Crippen molar-refractivity contribution < 1.29 is 5.11 Å². The van der Waals surface area contributed by atoms with Crippen LogP contribution in [0.2, 0.25) is 5.15 Å². The summed E-state index contributed by atoms with van der Waals surface area (Å²) in [6.07, 6.45) is 1.43. The van der Waals surface area contributed by atoms with Gasteiger partial charge in [0.25, 0.3) is 0 Å². The zero-order valence-electron chi connectivity index (χ0n) is 9.76. The Morgan fingerprint density at radius 3 is 2.76 bits per heavy atom. The first-order valence-corrected chi connectivity index (χ1v) is 5.74. The summed E-state index contributed by atoms with van der Waals surface area (Å²) in [7, 11) is 1.78. The van der Waals surface area contributed by atoms with E-state index < -0.39 is 6.10 Å². The van der Waals surface area contributed by atoms with Crippen LogP contribution in [0.15, 0.2) is 24.4 Å². The van der Waals surface area contributed by atoms with Gasteiger partial charge in [0.2, 0.25) is 0 Å². The highest BCUT2D eigenvalue weighted by molar-refractivity contribution is 6.30. The molecular weight excluding hydrogens is 238 g/mol. The molecule has 1 unspecified atom stereocenters. The van der Waals surface area contributed by atoms with Gasteiger partial charge >= 0.3 is 0 Å². The van der Waals surface area contributed by atoms with E-state index in [9.17, 15) is 5.11 Å². The summed E-state index contributed by atoms with van der Waals surface area (Å²) < 4.78 is 1.61. The van der Waals surface area contributed by atoms with Gasteiger partial charge in [0.1, 0.15) is 11.3 Å². The monoisotopic (exact) mass is 251 g/mol. The van der Waals surface area contributed by atoms with E-state index in [1.54, 1.807) is 24.0 Å². The zero-order chi connectivity index (χ0) is 12.4. The molecule has 0 bridgehead atoms. The number of hydrogen-bond donors (Lipinski definition) is 1. The number of hydrogen-bond acceptors (Lipinski definition) is 3. The molecule has 0 aliphatic heterocycles. The molecule has 1 N–H and O–H groups in total. The summed E-state index contributed by atoms with van der Waals surface area (Å²) in [6, 6.07) is 5.46. The SMILES string of the molecule is Cc1nn(C)c(Cl)c1CC(O)c1ccccn1. The van der Waals surface area contributed by atoms with E-state index >= 15 is 0 Å². The summed E-state index contributed by atoms with van der Waals surface area (Å²) in [4.78, 5) is 4.12. The first-order valence-electron chi connectivity index (χ1n) is 5.36. The molecule has 2 heterocycles. The zero-order valence-corrected chi connectivity index (χ0v) is 10.5. The summed E-state index contributed by atoms with van der Waals surface area (Å²) >= 11 is 6.11. The molecule has 0 aromatic carbocycles. The average Bonchev–Trinajstić information content (AvgIpc) is 2.57. The van der Waals surface area contributed by atoms with Crippen LogP contribution in [-0.4, -0.2) is 19.9 Å². The molecule has 17 heavy (non-hydrogen) atoms. The van der Waals surface area contributed by atoms with Gasteiger partial charge in [0.15, 0.2) is 0 Å². The standard InChI is InChI=1S/C12H14ClN3O/c1-8-9(12(13)16(2)15-8)7-11(17)10-5-3-4-6-14-10/h3-6,11,17H,7H2,1-2H3. The van der Waals surface area contributed by atoms with Crippen molar-refractivity contribution in [2.24, 2.45) is 7.05 Å². The van der Waals surface area contributed by atoms with Crippen LogP contribution in [-0.2, 0) is 13.5 Å². The molecule has 0 aliphatic carbocycles. The molecule has 2 rings (SSSR count). The van der Waals surface area contributed by atoms with Crippen molar-refractivity contribution in [2.75, 3.05) is 0 Å². The number of aryl methyl sites for hydroxylation is 2.